The predicted octanol–water partition coefficient (Wildman–Crippen LogP) is 4.54. The van der Waals surface area contributed by atoms with Crippen molar-refractivity contribution in [1.82, 2.24) is 9.47 Å². The van der Waals surface area contributed by atoms with Gasteiger partial charge in [-0.25, -0.2) is 0 Å². The molecule has 3 heterocycles. The van der Waals surface area contributed by atoms with E-state index in [1.54, 1.807) is 30.3 Å². The van der Waals surface area contributed by atoms with Crippen LogP contribution < -0.4 is 14.8 Å². The van der Waals surface area contributed by atoms with E-state index < -0.39 is 17.1 Å². The Hall–Kier alpha value is -3.98. The number of para-hydroxylation sites is 1. The summed E-state index contributed by atoms with van der Waals surface area (Å²) in [6.45, 7) is 4.62. The van der Waals surface area contributed by atoms with Crippen LogP contribution in [0.3, 0.4) is 0 Å². The molecule has 1 saturated heterocycles. The van der Waals surface area contributed by atoms with Crippen molar-refractivity contribution in [2.24, 2.45) is 0 Å². The fourth-order valence-corrected chi connectivity index (χ4v) is 4.97. The molecule has 5 rings (SSSR count). The second-order valence-corrected chi connectivity index (χ2v) is 9.17. The van der Waals surface area contributed by atoms with E-state index >= 15 is 0 Å². The number of thioether (sulfide) groups is 1. The monoisotopic (exact) mass is 489 g/mol. The zero-order chi connectivity index (χ0) is 24.5. The molecule has 2 aliphatic rings. The molecule has 2 aliphatic heterocycles. The first-order valence-corrected chi connectivity index (χ1v) is 11.9. The number of benzene rings is 2. The molecule has 9 heteroatoms. The average molecular weight is 490 g/mol. The third-order valence-corrected chi connectivity index (χ3v) is 6.68. The van der Waals surface area contributed by atoms with Crippen molar-refractivity contribution in [1.29, 1.82) is 0 Å². The lowest BCUT2D eigenvalue weighted by Gasteiger charge is -2.20. The first-order valence-electron chi connectivity index (χ1n) is 11.1. The number of hydrogen-bond donors (Lipinski definition) is 1. The van der Waals surface area contributed by atoms with Gasteiger partial charge in [0.15, 0.2) is 11.5 Å². The number of nitrogens with zero attached hydrogens (tertiary/aromatic N) is 2. The van der Waals surface area contributed by atoms with Gasteiger partial charge in [-0.3, -0.25) is 19.3 Å². The number of ether oxygens (including phenoxy) is 2. The molecule has 3 amide bonds. The molecule has 0 radical (unpaired) electrons. The largest absolute Gasteiger partial charge is 0.486 e. The van der Waals surface area contributed by atoms with Crippen LogP contribution in [-0.2, 0) is 9.59 Å². The van der Waals surface area contributed by atoms with Gasteiger partial charge in [0, 0.05) is 28.8 Å². The van der Waals surface area contributed by atoms with E-state index in [1.807, 2.05) is 44.2 Å². The summed E-state index contributed by atoms with van der Waals surface area (Å²) in [6.07, 6.45) is 1.71. The van der Waals surface area contributed by atoms with Gasteiger partial charge in [0.25, 0.3) is 11.1 Å². The Bertz CT molecular complexity index is 1360. The highest BCUT2D eigenvalue weighted by atomic mass is 32.2. The van der Waals surface area contributed by atoms with E-state index in [4.69, 9.17) is 9.47 Å². The molecule has 1 aromatic heterocycles. The number of hydrogen-bond acceptors (Lipinski definition) is 6. The molecule has 1 N–H and O–H groups in total. The fraction of sp³-hybridized carbons (Fsp3) is 0.192. The van der Waals surface area contributed by atoms with Crippen molar-refractivity contribution in [3.63, 3.8) is 0 Å². The number of rotatable bonds is 5. The van der Waals surface area contributed by atoms with Gasteiger partial charge in [0.05, 0.1) is 4.91 Å². The summed E-state index contributed by atoms with van der Waals surface area (Å²) in [6, 6.07) is 16.6. The smallest absolute Gasteiger partial charge is 0.294 e. The lowest BCUT2D eigenvalue weighted by Crippen LogP contribution is -2.36. The number of aryl methyl sites for hydroxylation is 1. The molecule has 1 fully saturated rings. The zero-order valence-electron chi connectivity index (χ0n) is 19.2. The Morgan fingerprint density at radius 3 is 2.54 bits per heavy atom. The number of fused-ring (bicyclic) bond motifs is 1. The summed E-state index contributed by atoms with van der Waals surface area (Å²) in [7, 11) is 0. The van der Waals surface area contributed by atoms with Gasteiger partial charge in [-0.2, -0.15) is 0 Å². The zero-order valence-corrected chi connectivity index (χ0v) is 20.1. The maximum Gasteiger partial charge on any atom is 0.294 e. The molecule has 0 atom stereocenters. The SMILES string of the molecule is Cc1cc(/C=C2\SC(=O)N(CC(=O)Nc3ccccc3)C2=O)c(C)n1-c1ccc2c(c1)OCCO2. The number of nitrogens with one attached hydrogen (secondary N) is 1. The summed E-state index contributed by atoms with van der Waals surface area (Å²) < 4.78 is 13.4. The Morgan fingerprint density at radius 1 is 1.03 bits per heavy atom. The normalized spacial score (nSPS) is 16.2. The Balaban J connectivity index is 1.36. The molecule has 0 spiro atoms. The highest BCUT2D eigenvalue weighted by molar-refractivity contribution is 8.18. The van der Waals surface area contributed by atoms with Crippen molar-refractivity contribution in [2.45, 2.75) is 13.8 Å². The Kier molecular flexibility index (Phi) is 6.08. The van der Waals surface area contributed by atoms with E-state index in [1.165, 1.54) is 0 Å². The summed E-state index contributed by atoms with van der Waals surface area (Å²) in [4.78, 5) is 39.1. The molecule has 8 nitrogen and oxygen atoms in total. The number of carbonyl (C=O) groups is 3. The molecule has 0 saturated carbocycles. The first-order chi connectivity index (χ1) is 16.9. The van der Waals surface area contributed by atoms with Gasteiger partial charge in [0.1, 0.15) is 19.8 Å². The molecule has 3 aromatic rings. The quantitative estimate of drug-likeness (QED) is 0.530. The summed E-state index contributed by atoms with van der Waals surface area (Å²) >= 11 is 0.836. The number of carbonyl (C=O) groups excluding carboxylic acids is 3. The molecule has 35 heavy (non-hydrogen) atoms. The average Bonchev–Trinajstić information content (AvgIpc) is 3.28. The molecule has 2 aromatic carbocycles. The van der Waals surface area contributed by atoms with Crippen LogP contribution in [-0.4, -0.2) is 46.3 Å². The minimum Gasteiger partial charge on any atom is -0.486 e. The van der Waals surface area contributed by atoms with Crippen LogP contribution >= 0.6 is 11.8 Å². The number of anilines is 1. The van der Waals surface area contributed by atoms with Gasteiger partial charge < -0.3 is 19.4 Å². The van der Waals surface area contributed by atoms with E-state index in [2.05, 4.69) is 9.88 Å². The molecule has 0 aliphatic carbocycles. The standard InChI is InChI=1S/C26H23N3O5S/c1-16-12-18(17(2)29(16)20-8-9-21-22(14-20)34-11-10-33-21)13-23-25(31)28(26(32)35-23)15-24(30)27-19-6-4-3-5-7-19/h3-9,12-14H,10-11,15H2,1-2H3,(H,27,30)/b23-13-. The molecule has 0 unspecified atom stereocenters. The van der Waals surface area contributed by atoms with E-state index in [0.717, 1.165) is 39.3 Å². The van der Waals surface area contributed by atoms with Crippen molar-refractivity contribution in [2.75, 3.05) is 25.1 Å². The highest BCUT2D eigenvalue weighted by Crippen LogP contribution is 2.36. The maximum absolute atomic E-state index is 12.9. The molecular formula is C26H23N3O5S. The highest BCUT2D eigenvalue weighted by Gasteiger charge is 2.36. The maximum atomic E-state index is 12.9. The summed E-state index contributed by atoms with van der Waals surface area (Å²) in [5, 5.41) is 2.23. The van der Waals surface area contributed by atoms with Crippen molar-refractivity contribution in [3.05, 3.63) is 76.5 Å². The van der Waals surface area contributed by atoms with Crippen LogP contribution in [0, 0.1) is 13.8 Å². The number of amides is 3. The van der Waals surface area contributed by atoms with Crippen LogP contribution in [0.25, 0.3) is 11.8 Å². The lowest BCUT2D eigenvalue weighted by molar-refractivity contribution is -0.127. The molecule has 0 bridgehead atoms. The van der Waals surface area contributed by atoms with E-state index in [-0.39, 0.29) is 11.4 Å². The van der Waals surface area contributed by atoms with E-state index in [0.29, 0.717) is 30.4 Å². The van der Waals surface area contributed by atoms with Crippen molar-refractivity contribution >= 4 is 40.6 Å². The van der Waals surface area contributed by atoms with Gasteiger partial charge >= 0.3 is 0 Å². The van der Waals surface area contributed by atoms with Gasteiger partial charge in [-0.05, 0) is 67.6 Å². The van der Waals surface area contributed by atoms with Crippen LogP contribution in [0.15, 0.2) is 59.5 Å². The van der Waals surface area contributed by atoms with Gasteiger partial charge in [0.2, 0.25) is 5.91 Å². The molecular weight excluding hydrogens is 466 g/mol. The van der Waals surface area contributed by atoms with Crippen LogP contribution in [0.5, 0.6) is 11.5 Å². The van der Waals surface area contributed by atoms with Gasteiger partial charge in [-0.15, -0.1) is 0 Å². The Morgan fingerprint density at radius 2 is 1.77 bits per heavy atom. The van der Waals surface area contributed by atoms with Crippen LogP contribution in [0.2, 0.25) is 0 Å². The lowest BCUT2D eigenvalue weighted by atomic mass is 10.2. The first kappa shape index (κ1) is 22.8. The topological polar surface area (TPSA) is 89.9 Å². The second-order valence-electron chi connectivity index (χ2n) is 8.17. The minimum absolute atomic E-state index is 0.282. The van der Waals surface area contributed by atoms with E-state index in [9.17, 15) is 14.4 Å². The Labute approximate surface area is 206 Å². The predicted molar refractivity (Wildman–Crippen MR) is 134 cm³/mol. The fourth-order valence-electron chi connectivity index (χ4n) is 4.15. The second kappa shape index (κ2) is 9.34. The third kappa shape index (κ3) is 4.54. The number of imide groups is 1. The van der Waals surface area contributed by atoms with Crippen molar-refractivity contribution < 1.29 is 23.9 Å². The number of aromatic nitrogens is 1. The summed E-state index contributed by atoms with van der Waals surface area (Å²) in [5.74, 6) is 0.495. The van der Waals surface area contributed by atoms with Crippen molar-refractivity contribution in [3.8, 4) is 17.2 Å². The van der Waals surface area contributed by atoms with Crippen LogP contribution in [0.4, 0.5) is 10.5 Å². The van der Waals surface area contributed by atoms with Gasteiger partial charge in [-0.1, -0.05) is 18.2 Å². The third-order valence-electron chi connectivity index (χ3n) is 5.77. The van der Waals surface area contributed by atoms with Crippen LogP contribution in [0.1, 0.15) is 17.0 Å². The minimum atomic E-state index is -0.479. The summed E-state index contributed by atoms with van der Waals surface area (Å²) in [5.41, 5.74) is 4.21. The molecule has 178 valence electrons.